The van der Waals surface area contributed by atoms with E-state index in [1.807, 2.05) is 53.3 Å². The second-order valence-electron chi connectivity index (χ2n) is 26.9. The lowest BCUT2D eigenvalue weighted by molar-refractivity contribution is -0.271. The Kier molecular flexibility index (Phi) is 23.7. The number of aliphatic hydroxyl groups excluding tert-OH is 3. The van der Waals surface area contributed by atoms with Crippen LogP contribution in [0.15, 0.2) is 72.9 Å². The fourth-order valence-electron chi connectivity index (χ4n) is 15.5. The number of thioether (sulfide) groups is 1. The van der Waals surface area contributed by atoms with Crippen LogP contribution in [0.2, 0.25) is 0 Å². The summed E-state index contributed by atoms with van der Waals surface area (Å²) in [4.78, 5) is 97.7. The van der Waals surface area contributed by atoms with E-state index < -0.39 is 77.9 Å². The van der Waals surface area contributed by atoms with E-state index in [4.69, 9.17) is 43.6 Å². The van der Waals surface area contributed by atoms with Crippen molar-refractivity contribution in [1.82, 2.24) is 35.7 Å². The third-order valence-corrected chi connectivity index (χ3v) is 19.5. The van der Waals surface area contributed by atoms with Gasteiger partial charge in [0.05, 0.1) is 48.3 Å². The van der Waals surface area contributed by atoms with Gasteiger partial charge in [0.15, 0.2) is 16.9 Å². The Balaban J connectivity index is 0.00000354. The summed E-state index contributed by atoms with van der Waals surface area (Å²) < 4.78 is 53.4. The van der Waals surface area contributed by atoms with Gasteiger partial charge in [-0.3, -0.25) is 29.2 Å². The molecular weight excluding hydrogens is 1340 g/mol. The van der Waals surface area contributed by atoms with E-state index in [9.17, 15) is 59.1 Å². The number of para-hydroxylation sites is 1. The molecule has 6 aromatic rings. The van der Waals surface area contributed by atoms with Crippen molar-refractivity contribution in [1.29, 1.82) is 0 Å². The third kappa shape index (κ3) is 17.8. The number of amides is 4. The summed E-state index contributed by atoms with van der Waals surface area (Å²) in [5.74, 6) is -5.21. The number of benzene rings is 3. The predicted molar refractivity (Wildman–Crippen MR) is 364 cm³/mol. The summed E-state index contributed by atoms with van der Waals surface area (Å²) >= 11 is 3.08. The number of carboxylic acid groups (broad SMARTS) is 3. The highest BCUT2D eigenvalue weighted by molar-refractivity contribution is 7.97. The summed E-state index contributed by atoms with van der Waals surface area (Å²) in [6.45, 7) is 7.66. The zero-order chi connectivity index (χ0) is 71.7. The van der Waals surface area contributed by atoms with Gasteiger partial charge in [-0.2, -0.15) is 16.9 Å². The summed E-state index contributed by atoms with van der Waals surface area (Å²) in [5.41, 5.74) is 2.99. The van der Waals surface area contributed by atoms with Crippen molar-refractivity contribution in [3.8, 4) is 22.6 Å². The number of halogens is 1. The van der Waals surface area contributed by atoms with Gasteiger partial charge in [-0.1, -0.05) is 37.3 Å². The Bertz CT molecular complexity index is 3950. The van der Waals surface area contributed by atoms with Crippen LogP contribution in [0, 0.1) is 29.0 Å². The number of carboxylic acids is 3. The summed E-state index contributed by atoms with van der Waals surface area (Å²) in [6, 6.07) is 18.0. The fraction of sp³-hybridized carbons (Fsp3) is 0.507. The first-order valence-electron chi connectivity index (χ1n) is 32.8. The fourth-order valence-corrected chi connectivity index (χ4v) is 16.4. The molecule has 4 amide bonds. The van der Waals surface area contributed by atoms with Crippen LogP contribution in [0.3, 0.4) is 0 Å². The van der Waals surface area contributed by atoms with Gasteiger partial charge < -0.3 is 79.9 Å². The topological polar surface area (TPSA) is 391 Å². The minimum Gasteiger partial charge on any atom is -0.491 e. The average Bonchev–Trinajstić information content (AvgIpc) is 0.729. The molecule has 3 aromatic carbocycles. The van der Waals surface area contributed by atoms with Gasteiger partial charge in [0, 0.05) is 86.1 Å². The Morgan fingerprint density at radius 1 is 0.770 bits per heavy atom. The van der Waals surface area contributed by atoms with E-state index in [2.05, 4.69) is 40.1 Å². The molecule has 28 nitrogen and oxygen atoms in total. The predicted octanol–water partition coefficient (Wildman–Crippen LogP) is 6.71. The Labute approximate surface area is 583 Å². The van der Waals surface area contributed by atoms with Gasteiger partial charge in [-0.25, -0.2) is 28.7 Å². The number of carbonyl (C=O) groups is 7. The van der Waals surface area contributed by atoms with E-state index in [0.29, 0.717) is 51.9 Å². The number of ether oxygens (including phenoxy) is 6. The van der Waals surface area contributed by atoms with Crippen molar-refractivity contribution in [2.24, 2.45) is 16.2 Å². The summed E-state index contributed by atoms with van der Waals surface area (Å²) in [5, 5.41) is 76.3. The maximum Gasteiger partial charge on any atom is 0.407 e. The molecule has 3 aromatic heterocycles. The summed E-state index contributed by atoms with van der Waals surface area (Å²) in [7, 11) is 0. The highest BCUT2D eigenvalue weighted by Crippen LogP contribution is 2.72. The average molecular weight is 1430 g/mol. The maximum absolute atomic E-state index is 15.4. The maximum atomic E-state index is 15.4. The molecule has 538 valence electrons. The van der Waals surface area contributed by atoms with E-state index in [1.54, 1.807) is 30.1 Å². The van der Waals surface area contributed by atoms with Crippen molar-refractivity contribution in [2.45, 2.75) is 141 Å². The zero-order valence-corrected chi connectivity index (χ0v) is 57.7. The van der Waals surface area contributed by atoms with Crippen molar-refractivity contribution in [2.75, 3.05) is 75.3 Å². The molecule has 4 bridgehead atoms. The highest BCUT2D eigenvalue weighted by Gasteiger charge is 2.66. The number of aromatic carboxylic acids is 1. The first-order chi connectivity index (χ1) is 47.7. The lowest BCUT2D eigenvalue weighted by Crippen LogP contribution is -2.64. The van der Waals surface area contributed by atoms with Crippen LogP contribution in [-0.4, -0.2) is 194 Å². The van der Waals surface area contributed by atoms with Gasteiger partial charge in [-0.05, 0) is 140 Å². The number of nitrogens with zero attached hydrogens (tertiary/aromatic N) is 5. The van der Waals surface area contributed by atoms with Crippen LogP contribution >= 0.6 is 23.1 Å². The standard InChI is InChI=1S/C67H78FN9O19S.C2H6S/c1-37-43(41-11-13-49(74-53(41)59(86)87)76-21-17-40-44(28-76)42(10-12-45(40)68)58(85)75-62-73-46-6-4-5-7-48(46)97-62)27-72-77(37)36-66-31-64(2)30-65(3,32-66)34-67(33-64,35-66)94-23-20-71-63(90)93-29-38-8-9-39(95-61-56(84)54(82)55(83)57(96-61)60(88)89)26-47(38)92-25-24-91-22-19-70-51(79)16-18-69-50(78)14-15-52(80)81;1-3-2/h4-13,26-27,54-57,61,82-84H,14-25,28-36H2,1-3H3,(H,69,78)(H,70,79)(H,71,90)(H,80,81)(H,86,87)(H,88,89)(H,73,75,85);1-2H3/t54-,55-,56+,57-,61+,64?,65?,66?,67?;/m0./s1. The van der Waals surface area contributed by atoms with E-state index in [0.717, 1.165) is 54.4 Å². The van der Waals surface area contributed by atoms with Gasteiger partial charge in [-0.15, -0.1) is 0 Å². The molecule has 10 N–H and O–H groups in total. The van der Waals surface area contributed by atoms with Gasteiger partial charge >= 0.3 is 24.0 Å². The van der Waals surface area contributed by atoms with Gasteiger partial charge in [0.1, 0.15) is 54.7 Å². The number of aliphatic hydroxyl groups is 3. The number of rotatable bonds is 29. The molecule has 0 spiro atoms. The molecule has 7 atom stereocenters. The number of nitrogens with one attached hydrogen (secondary N) is 4. The number of carbonyl (C=O) groups excluding carboxylic acids is 4. The second kappa shape index (κ2) is 32.0. The number of aliphatic carboxylic acids is 2. The second-order valence-corrected chi connectivity index (χ2v) is 28.7. The number of hydrogen-bond acceptors (Lipinski definition) is 22. The molecule has 4 aliphatic carbocycles. The molecular formula is C69H84FN9O19S2. The summed E-state index contributed by atoms with van der Waals surface area (Å²) in [6.07, 6.45) is 0.551. The van der Waals surface area contributed by atoms with E-state index >= 15 is 4.39 Å². The number of alkyl carbamates (subject to hydrolysis) is 1. The van der Waals surface area contributed by atoms with E-state index in [1.165, 1.54) is 41.7 Å². The van der Waals surface area contributed by atoms with Crippen molar-refractivity contribution in [3.05, 3.63) is 112 Å². The highest BCUT2D eigenvalue weighted by atomic mass is 32.2. The minimum atomic E-state index is -1.95. The van der Waals surface area contributed by atoms with Crippen LogP contribution < -0.4 is 35.6 Å². The van der Waals surface area contributed by atoms with Crippen molar-refractivity contribution < 1.29 is 97.0 Å². The molecule has 2 unspecified atom stereocenters. The molecule has 5 fully saturated rings. The van der Waals surface area contributed by atoms with Gasteiger partial charge in [0.2, 0.25) is 18.1 Å². The smallest absolute Gasteiger partial charge is 0.407 e. The monoisotopic (exact) mass is 1430 g/mol. The number of pyridine rings is 1. The lowest BCUT2D eigenvalue weighted by Gasteiger charge is -2.69. The normalized spacial score (nSPS) is 24.1. The Morgan fingerprint density at radius 2 is 1.50 bits per heavy atom. The molecule has 4 saturated carbocycles. The molecule has 0 radical (unpaired) electrons. The lowest BCUT2D eigenvalue weighted by atomic mass is 9.39. The van der Waals surface area contributed by atoms with Crippen molar-refractivity contribution in [3.63, 3.8) is 0 Å². The number of fused-ring (bicyclic) bond motifs is 2. The number of hydrogen-bond donors (Lipinski definition) is 10. The SMILES string of the molecule is CSC.Cc1c(-c2ccc(N3CCc4c(F)ccc(C(=O)Nc5nc6ccccc6s5)c4C3)nc2C(=O)O)cnn1CC12CC3(C)CC(C)(C1)CC(OCCNC(=O)OCc1ccc(O[C@@H]4O[C@H](C(=O)O)[C@@H](O)[C@H](O)[C@H]4O)cc1OCCOCCNC(=O)CCNC(=O)CCC(=O)O)(C3)C2. The molecule has 6 aliphatic rings. The van der Waals surface area contributed by atoms with Crippen LogP contribution in [-0.2, 0) is 64.2 Å². The largest absolute Gasteiger partial charge is 0.491 e. The first-order valence-corrected chi connectivity index (χ1v) is 35.3. The van der Waals surface area contributed by atoms with Crippen LogP contribution in [0.5, 0.6) is 11.5 Å². The molecule has 2 aliphatic heterocycles. The molecule has 100 heavy (non-hydrogen) atoms. The number of aromatic nitrogens is 4. The van der Waals surface area contributed by atoms with Crippen LogP contribution in [0.25, 0.3) is 21.3 Å². The van der Waals surface area contributed by atoms with E-state index in [-0.39, 0.29) is 130 Å². The molecule has 5 heterocycles. The zero-order valence-electron chi connectivity index (χ0n) is 56.1. The number of anilines is 2. The third-order valence-electron chi connectivity index (χ3n) is 18.6. The van der Waals surface area contributed by atoms with Crippen LogP contribution in [0.4, 0.5) is 20.1 Å². The molecule has 12 rings (SSSR count). The first kappa shape index (κ1) is 74.1. The quantitative estimate of drug-likeness (QED) is 0.0218. The molecule has 31 heteroatoms. The minimum absolute atomic E-state index is 0.00796. The number of thiazole rings is 1. The Hall–Kier alpha value is -8.56. The Morgan fingerprint density at radius 3 is 2.23 bits per heavy atom. The van der Waals surface area contributed by atoms with Gasteiger partial charge in [0.25, 0.3) is 5.91 Å². The van der Waals surface area contributed by atoms with Crippen molar-refractivity contribution >= 4 is 86.0 Å². The van der Waals surface area contributed by atoms with Crippen LogP contribution in [0.1, 0.15) is 115 Å². The molecule has 1 saturated heterocycles.